The number of alkyl halides is 3. The second-order valence-corrected chi connectivity index (χ2v) is 8.52. The van der Waals surface area contributed by atoms with Gasteiger partial charge in [-0.3, -0.25) is 9.52 Å². The Morgan fingerprint density at radius 2 is 1.83 bits per heavy atom. The van der Waals surface area contributed by atoms with Crippen LogP contribution in [0.5, 0.6) is 5.75 Å². The van der Waals surface area contributed by atoms with Crippen molar-refractivity contribution in [2.45, 2.75) is 32.5 Å². The molecule has 1 amide bonds. The minimum absolute atomic E-state index is 0.0444. The second-order valence-electron chi connectivity index (χ2n) is 6.68. The summed E-state index contributed by atoms with van der Waals surface area (Å²) in [6.45, 7) is 3.14. The van der Waals surface area contributed by atoms with E-state index in [0.29, 0.717) is 6.42 Å². The number of benzene rings is 2. The van der Waals surface area contributed by atoms with Gasteiger partial charge in [-0.05, 0) is 43.7 Å². The molecule has 0 aliphatic carbocycles. The smallest absolute Gasteiger partial charge is 0.419 e. The van der Waals surface area contributed by atoms with Gasteiger partial charge in [0.1, 0.15) is 12.4 Å². The van der Waals surface area contributed by atoms with Crippen LogP contribution in [-0.4, -0.2) is 32.7 Å². The SMILES string of the molecule is CCCS(=O)(=O)Nc1cccc(C(=O)NC(C)COc2ccccc2C(F)(F)F)c1. The zero-order valence-electron chi connectivity index (χ0n) is 16.5. The van der Waals surface area contributed by atoms with Gasteiger partial charge in [0.25, 0.3) is 5.91 Å². The molecule has 0 spiro atoms. The van der Waals surface area contributed by atoms with Gasteiger partial charge in [0, 0.05) is 11.3 Å². The number of nitrogens with one attached hydrogen (secondary N) is 2. The molecule has 0 bridgehead atoms. The molecule has 30 heavy (non-hydrogen) atoms. The van der Waals surface area contributed by atoms with E-state index < -0.39 is 33.7 Å². The Labute approximate surface area is 173 Å². The largest absolute Gasteiger partial charge is 0.491 e. The van der Waals surface area contributed by atoms with Crippen molar-refractivity contribution in [3.05, 3.63) is 59.7 Å². The number of anilines is 1. The zero-order valence-corrected chi connectivity index (χ0v) is 17.3. The molecule has 0 fully saturated rings. The Morgan fingerprint density at radius 1 is 1.13 bits per heavy atom. The van der Waals surface area contributed by atoms with Crippen molar-refractivity contribution in [2.75, 3.05) is 17.1 Å². The number of ether oxygens (including phenoxy) is 1. The van der Waals surface area contributed by atoms with Crippen molar-refractivity contribution in [2.24, 2.45) is 0 Å². The maximum absolute atomic E-state index is 13.0. The Kier molecular flexibility index (Phi) is 7.71. The Bertz CT molecular complexity index is 978. The predicted octanol–water partition coefficient (Wildman–Crippen LogP) is 4.05. The lowest BCUT2D eigenvalue weighted by molar-refractivity contribution is -0.139. The quantitative estimate of drug-likeness (QED) is 0.611. The Morgan fingerprint density at radius 3 is 2.50 bits per heavy atom. The standard InChI is InChI=1S/C20H23F3N2O4S/c1-3-11-30(27,28)25-16-8-6-7-15(12-16)19(26)24-14(2)13-29-18-10-5-4-9-17(18)20(21,22)23/h4-10,12,14,25H,3,11,13H2,1-2H3,(H,24,26). The monoisotopic (exact) mass is 444 g/mol. The molecule has 0 aliphatic rings. The summed E-state index contributed by atoms with van der Waals surface area (Å²) < 4.78 is 70.4. The third kappa shape index (κ3) is 6.94. The second kappa shape index (κ2) is 9.84. The van der Waals surface area contributed by atoms with Gasteiger partial charge in [0.05, 0.1) is 17.4 Å². The number of halogens is 3. The molecule has 0 heterocycles. The van der Waals surface area contributed by atoms with Crippen LogP contribution in [-0.2, 0) is 16.2 Å². The van der Waals surface area contributed by atoms with Crippen LogP contribution in [0.2, 0.25) is 0 Å². The number of para-hydroxylation sites is 1. The average Bonchev–Trinajstić information content (AvgIpc) is 2.65. The van der Waals surface area contributed by atoms with Crippen LogP contribution in [0.15, 0.2) is 48.5 Å². The highest BCUT2D eigenvalue weighted by atomic mass is 32.2. The summed E-state index contributed by atoms with van der Waals surface area (Å²) in [5, 5.41) is 2.62. The summed E-state index contributed by atoms with van der Waals surface area (Å²) in [4.78, 5) is 12.4. The van der Waals surface area contributed by atoms with E-state index in [-0.39, 0.29) is 29.4 Å². The minimum atomic E-state index is -4.55. The Balaban J connectivity index is 1.99. The fourth-order valence-corrected chi connectivity index (χ4v) is 3.74. The molecule has 164 valence electrons. The molecule has 0 saturated carbocycles. The predicted molar refractivity (Wildman–Crippen MR) is 108 cm³/mol. The van der Waals surface area contributed by atoms with Crippen LogP contribution < -0.4 is 14.8 Å². The Hall–Kier alpha value is -2.75. The molecule has 0 radical (unpaired) electrons. The number of hydrogen-bond donors (Lipinski definition) is 2. The van der Waals surface area contributed by atoms with Gasteiger partial charge in [-0.25, -0.2) is 8.42 Å². The highest BCUT2D eigenvalue weighted by molar-refractivity contribution is 7.92. The number of rotatable bonds is 9. The van der Waals surface area contributed by atoms with Crippen LogP contribution in [0.25, 0.3) is 0 Å². The van der Waals surface area contributed by atoms with Crippen LogP contribution in [0.3, 0.4) is 0 Å². The van der Waals surface area contributed by atoms with Crippen LogP contribution in [0.4, 0.5) is 18.9 Å². The van der Waals surface area contributed by atoms with Crippen molar-refractivity contribution in [3.63, 3.8) is 0 Å². The topological polar surface area (TPSA) is 84.5 Å². The molecule has 2 aromatic carbocycles. The van der Waals surface area contributed by atoms with Crippen molar-refractivity contribution in [3.8, 4) is 5.75 Å². The molecule has 6 nitrogen and oxygen atoms in total. The van der Waals surface area contributed by atoms with Crippen molar-refractivity contribution < 1.29 is 31.1 Å². The molecule has 2 N–H and O–H groups in total. The summed E-state index contributed by atoms with van der Waals surface area (Å²) >= 11 is 0. The van der Waals surface area contributed by atoms with Gasteiger partial charge in [0.15, 0.2) is 0 Å². The number of hydrogen-bond acceptors (Lipinski definition) is 4. The molecular formula is C20H23F3N2O4S. The van der Waals surface area contributed by atoms with Gasteiger partial charge >= 0.3 is 6.18 Å². The lowest BCUT2D eigenvalue weighted by Gasteiger charge is -2.18. The first kappa shape index (κ1) is 23.5. The molecule has 1 unspecified atom stereocenters. The fraction of sp³-hybridized carbons (Fsp3) is 0.350. The number of sulfonamides is 1. The number of carbonyl (C=O) groups excluding carboxylic acids is 1. The molecule has 2 aromatic rings. The van der Waals surface area contributed by atoms with Crippen molar-refractivity contribution in [1.82, 2.24) is 5.32 Å². The van der Waals surface area contributed by atoms with E-state index in [4.69, 9.17) is 4.74 Å². The third-order valence-electron chi connectivity index (χ3n) is 3.93. The molecule has 0 aliphatic heterocycles. The lowest BCUT2D eigenvalue weighted by Crippen LogP contribution is -2.37. The van der Waals surface area contributed by atoms with E-state index >= 15 is 0 Å². The van der Waals surface area contributed by atoms with Crippen LogP contribution >= 0.6 is 0 Å². The molecule has 10 heteroatoms. The molecule has 1 atom stereocenters. The maximum Gasteiger partial charge on any atom is 0.419 e. The average molecular weight is 444 g/mol. The first-order valence-corrected chi connectivity index (χ1v) is 10.9. The summed E-state index contributed by atoms with van der Waals surface area (Å²) in [7, 11) is -3.50. The summed E-state index contributed by atoms with van der Waals surface area (Å²) in [5.41, 5.74) is -0.441. The van der Waals surface area contributed by atoms with E-state index in [1.54, 1.807) is 13.8 Å². The third-order valence-corrected chi connectivity index (χ3v) is 5.42. The first-order valence-electron chi connectivity index (χ1n) is 9.22. The van der Waals surface area contributed by atoms with Gasteiger partial charge in [-0.15, -0.1) is 0 Å². The molecular weight excluding hydrogens is 421 g/mol. The summed E-state index contributed by atoms with van der Waals surface area (Å²) in [6.07, 6.45) is -4.10. The van der Waals surface area contributed by atoms with Crippen LogP contribution in [0.1, 0.15) is 36.2 Å². The highest BCUT2D eigenvalue weighted by Crippen LogP contribution is 2.35. The van der Waals surface area contributed by atoms with E-state index in [1.165, 1.54) is 42.5 Å². The van der Waals surface area contributed by atoms with Gasteiger partial charge in [-0.1, -0.05) is 25.1 Å². The van der Waals surface area contributed by atoms with Gasteiger partial charge < -0.3 is 10.1 Å². The molecule has 0 aromatic heterocycles. The normalized spacial score (nSPS) is 12.8. The number of amides is 1. The summed E-state index contributed by atoms with van der Waals surface area (Å²) in [6, 6.07) is 10.2. The van der Waals surface area contributed by atoms with Gasteiger partial charge in [-0.2, -0.15) is 13.2 Å². The zero-order chi connectivity index (χ0) is 22.4. The first-order chi connectivity index (χ1) is 14.0. The number of carbonyl (C=O) groups is 1. The molecule has 2 rings (SSSR count). The fourth-order valence-electron chi connectivity index (χ4n) is 2.61. The maximum atomic E-state index is 13.0. The van der Waals surface area contributed by atoms with E-state index in [1.807, 2.05) is 0 Å². The van der Waals surface area contributed by atoms with Crippen molar-refractivity contribution >= 4 is 21.6 Å². The summed E-state index contributed by atoms with van der Waals surface area (Å²) in [5.74, 6) is -0.873. The lowest BCUT2D eigenvalue weighted by atomic mass is 10.2. The van der Waals surface area contributed by atoms with Gasteiger partial charge in [0.2, 0.25) is 10.0 Å². The van der Waals surface area contributed by atoms with Crippen molar-refractivity contribution in [1.29, 1.82) is 0 Å². The van der Waals surface area contributed by atoms with E-state index in [9.17, 15) is 26.4 Å². The van der Waals surface area contributed by atoms with E-state index in [2.05, 4.69) is 10.0 Å². The highest BCUT2D eigenvalue weighted by Gasteiger charge is 2.34. The minimum Gasteiger partial charge on any atom is -0.491 e. The van der Waals surface area contributed by atoms with E-state index in [0.717, 1.165) is 6.07 Å². The van der Waals surface area contributed by atoms with Crippen LogP contribution in [0, 0.1) is 0 Å². The molecule has 0 saturated heterocycles.